The lowest BCUT2D eigenvalue weighted by Gasteiger charge is -2.59. The molecule has 0 unspecified atom stereocenters. The number of likely N-dealkylation sites (tertiary alicyclic amines) is 1. The van der Waals surface area contributed by atoms with Gasteiger partial charge in [-0.05, 0) is 68.2 Å². The van der Waals surface area contributed by atoms with E-state index in [-0.39, 0.29) is 11.8 Å². The molecule has 142 valence electrons. The number of hydrogen-bond donors (Lipinski definition) is 1. The van der Waals surface area contributed by atoms with Crippen LogP contribution in [0.1, 0.15) is 32.1 Å². The minimum Gasteiger partial charge on any atom is -0.381 e. The number of halogens is 2. The molecule has 0 atom stereocenters. The van der Waals surface area contributed by atoms with Crippen LogP contribution in [-0.2, 0) is 9.53 Å². The summed E-state index contributed by atoms with van der Waals surface area (Å²) in [5, 5.41) is 4.04. The summed E-state index contributed by atoms with van der Waals surface area (Å²) in [7, 11) is 0. The summed E-state index contributed by atoms with van der Waals surface area (Å²) in [5.41, 5.74) is 1.07. The molecule has 4 nitrogen and oxygen atoms in total. The Morgan fingerprint density at radius 3 is 2.46 bits per heavy atom. The molecule has 1 aromatic carbocycles. The fraction of sp³-hybridized carbons (Fsp3) is 0.650. The second-order valence-electron chi connectivity index (χ2n) is 8.31. The quantitative estimate of drug-likeness (QED) is 0.798. The highest BCUT2D eigenvalue weighted by Gasteiger charge is 2.53. The van der Waals surface area contributed by atoms with E-state index in [0.29, 0.717) is 21.1 Å². The maximum Gasteiger partial charge on any atom is 0.227 e. The molecule has 3 fully saturated rings. The number of rotatable bonds is 5. The molecule has 1 aromatic rings. The molecule has 1 aliphatic carbocycles. The molecule has 2 saturated heterocycles. The van der Waals surface area contributed by atoms with Gasteiger partial charge in [0.15, 0.2) is 0 Å². The van der Waals surface area contributed by atoms with E-state index >= 15 is 0 Å². The third-order valence-corrected chi connectivity index (χ3v) is 6.61. The lowest BCUT2D eigenvalue weighted by molar-refractivity contribution is -0.139. The van der Waals surface area contributed by atoms with Crippen molar-refractivity contribution in [3.63, 3.8) is 0 Å². The van der Waals surface area contributed by atoms with Gasteiger partial charge in [0.25, 0.3) is 0 Å². The predicted octanol–water partition coefficient (Wildman–Crippen LogP) is 4.46. The Morgan fingerprint density at radius 1 is 1.15 bits per heavy atom. The van der Waals surface area contributed by atoms with Crippen molar-refractivity contribution in [3.05, 3.63) is 28.2 Å². The van der Waals surface area contributed by atoms with Gasteiger partial charge in [-0.15, -0.1) is 0 Å². The number of hydrogen-bond acceptors (Lipinski definition) is 3. The molecule has 3 aliphatic rings. The Kier molecular flexibility index (Phi) is 5.47. The van der Waals surface area contributed by atoms with Gasteiger partial charge < -0.3 is 15.0 Å². The Morgan fingerprint density at radius 2 is 1.81 bits per heavy atom. The molecule has 4 rings (SSSR count). The van der Waals surface area contributed by atoms with Crippen molar-refractivity contribution >= 4 is 34.8 Å². The summed E-state index contributed by atoms with van der Waals surface area (Å²) in [6.07, 6.45) is 5.73. The van der Waals surface area contributed by atoms with Crippen LogP contribution in [0.15, 0.2) is 18.2 Å². The van der Waals surface area contributed by atoms with Crippen LogP contribution in [0.4, 0.5) is 5.69 Å². The zero-order valence-corrected chi connectivity index (χ0v) is 16.5. The molecule has 2 heterocycles. The van der Waals surface area contributed by atoms with Crippen molar-refractivity contribution in [2.75, 3.05) is 38.2 Å². The monoisotopic (exact) mass is 396 g/mol. The van der Waals surface area contributed by atoms with Crippen LogP contribution in [0.2, 0.25) is 10.0 Å². The van der Waals surface area contributed by atoms with Crippen molar-refractivity contribution in [3.8, 4) is 0 Å². The second-order valence-corrected chi connectivity index (χ2v) is 9.18. The van der Waals surface area contributed by atoms with E-state index in [1.165, 1.54) is 25.8 Å². The number of nitrogens with one attached hydrogen (secondary N) is 1. The molecule has 0 aromatic heterocycles. The lowest BCUT2D eigenvalue weighted by Crippen LogP contribution is -2.63. The van der Waals surface area contributed by atoms with Crippen LogP contribution in [0.3, 0.4) is 0 Å². The standard InChI is InChI=1S/C20H26Cl2N2O2/c21-16-7-17(22)9-18(8-16)23-19(25)15-10-20(11-15)12-24(13-20)4-1-14-2-5-26-6-3-14/h7-9,14-15H,1-6,10-13H2,(H,23,25). The first kappa shape index (κ1) is 18.5. The minimum absolute atomic E-state index is 0.0922. The fourth-order valence-corrected chi connectivity index (χ4v) is 5.29. The van der Waals surface area contributed by atoms with E-state index in [1.807, 2.05) is 0 Å². The van der Waals surface area contributed by atoms with E-state index in [4.69, 9.17) is 27.9 Å². The number of amides is 1. The van der Waals surface area contributed by atoms with Gasteiger partial charge in [0.2, 0.25) is 5.91 Å². The largest absolute Gasteiger partial charge is 0.381 e. The average molecular weight is 397 g/mol. The smallest absolute Gasteiger partial charge is 0.227 e. The van der Waals surface area contributed by atoms with Crippen LogP contribution in [0, 0.1) is 17.3 Å². The van der Waals surface area contributed by atoms with Crippen LogP contribution in [0.25, 0.3) is 0 Å². The number of ether oxygens (including phenoxy) is 1. The highest BCUT2D eigenvalue weighted by atomic mass is 35.5. The Balaban J connectivity index is 1.18. The van der Waals surface area contributed by atoms with Gasteiger partial charge in [-0.25, -0.2) is 0 Å². The van der Waals surface area contributed by atoms with Crippen LogP contribution >= 0.6 is 23.2 Å². The number of anilines is 1. The maximum atomic E-state index is 12.4. The first-order chi connectivity index (χ1) is 12.5. The van der Waals surface area contributed by atoms with Crippen LogP contribution < -0.4 is 5.32 Å². The molecular weight excluding hydrogens is 371 g/mol. The Hall–Kier alpha value is -0.810. The Labute approximate surface area is 165 Å². The minimum atomic E-state index is 0.0922. The Bertz CT molecular complexity index is 642. The highest BCUT2D eigenvalue weighted by molar-refractivity contribution is 6.35. The molecule has 1 saturated carbocycles. The zero-order chi connectivity index (χ0) is 18.1. The number of carbonyl (C=O) groups excluding carboxylic acids is 1. The third kappa shape index (κ3) is 4.19. The van der Waals surface area contributed by atoms with Crippen LogP contribution in [0.5, 0.6) is 0 Å². The molecule has 6 heteroatoms. The number of benzene rings is 1. The topological polar surface area (TPSA) is 41.6 Å². The number of nitrogens with zero attached hydrogens (tertiary/aromatic N) is 1. The van der Waals surface area contributed by atoms with Gasteiger partial charge in [0, 0.05) is 48.0 Å². The number of carbonyl (C=O) groups is 1. The molecule has 1 spiro atoms. The molecule has 1 amide bonds. The van der Waals surface area contributed by atoms with E-state index in [2.05, 4.69) is 10.2 Å². The van der Waals surface area contributed by atoms with Crippen molar-refractivity contribution in [2.45, 2.75) is 32.1 Å². The van der Waals surface area contributed by atoms with E-state index in [9.17, 15) is 4.79 Å². The molecule has 1 N–H and O–H groups in total. The van der Waals surface area contributed by atoms with Crippen molar-refractivity contribution in [1.29, 1.82) is 0 Å². The highest BCUT2D eigenvalue weighted by Crippen LogP contribution is 2.52. The van der Waals surface area contributed by atoms with E-state index in [0.717, 1.165) is 45.1 Å². The zero-order valence-electron chi connectivity index (χ0n) is 15.0. The van der Waals surface area contributed by atoms with Gasteiger partial charge in [-0.2, -0.15) is 0 Å². The SMILES string of the molecule is O=C(Nc1cc(Cl)cc(Cl)c1)C1CC2(C1)CN(CCC1CCOCC1)C2. The first-order valence-electron chi connectivity index (χ1n) is 9.58. The lowest BCUT2D eigenvalue weighted by atomic mass is 9.57. The van der Waals surface area contributed by atoms with Gasteiger partial charge in [-0.3, -0.25) is 4.79 Å². The molecule has 2 aliphatic heterocycles. The van der Waals surface area contributed by atoms with E-state index < -0.39 is 0 Å². The summed E-state index contributed by atoms with van der Waals surface area (Å²) >= 11 is 12.0. The van der Waals surface area contributed by atoms with Crippen LogP contribution in [-0.4, -0.2) is 43.7 Å². The van der Waals surface area contributed by atoms with Gasteiger partial charge in [-0.1, -0.05) is 23.2 Å². The van der Waals surface area contributed by atoms with E-state index in [1.54, 1.807) is 18.2 Å². The third-order valence-electron chi connectivity index (χ3n) is 6.17. The summed E-state index contributed by atoms with van der Waals surface area (Å²) < 4.78 is 5.43. The van der Waals surface area contributed by atoms with Crippen molar-refractivity contribution < 1.29 is 9.53 Å². The fourth-order valence-electron chi connectivity index (χ4n) is 4.76. The molecular formula is C20H26Cl2N2O2. The molecule has 0 bridgehead atoms. The van der Waals surface area contributed by atoms with Crippen molar-refractivity contribution in [1.82, 2.24) is 4.90 Å². The average Bonchev–Trinajstić information content (AvgIpc) is 2.51. The summed E-state index contributed by atoms with van der Waals surface area (Å²) in [5.74, 6) is 1.05. The molecule has 26 heavy (non-hydrogen) atoms. The maximum absolute atomic E-state index is 12.4. The summed E-state index contributed by atoms with van der Waals surface area (Å²) in [4.78, 5) is 15.0. The van der Waals surface area contributed by atoms with Gasteiger partial charge in [0.1, 0.15) is 0 Å². The summed E-state index contributed by atoms with van der Waals surface area (Å²) in [6, 6.07) is 5.14. The first-order valence-corrected chi connectivity index (χ1v) is 10.3. The second kappa shape index (κ2) is 7.67. The van der Waals surface area contributed by atoms with Gasteiger partial charge in [0.05, 0.1) is 0 Å². The normalized spacial score (nSPS) is 23.5. The van der Waals surface area contributed by atoms with Crippen molar-refractivity contribution in [2.24, 2.45) is 17.3 Å². The molecule has 0 radical (unpaired) electrons. The predicted molar refractivity (Wildman–Crippen MR) is 105 cm³/mol. The van der Waals surface area contributed by atoms with Gasteiger partial charge >= 0.3 is 0 Å². The summed E-state index contributed by atoms with van der Waals surface area (Å²) in [6.45, 7) is 5.38.